The molecule has 0 radical (unpaired) electrons. The van der Waals surface area contributed by atoms with Crippen LogP contribution in [0.2, 0.25) is 23.2 Å². The van der Waals surface area contributed by atoms with Crippen molar-refractivity contribution in [2.75, 3.05) is 19.9 Å². The molecule has 1 aromatic heterocycles. The SMILES string of the molecule is CC(C)(C)[Si](C)(C)O[C@@H]1CCN([C@@H](c2cnc(CC(=O)C3(c4ccc5c(c4)OCO5)CC3)s2)c2ccc(F)cc2Cl)C1. The fraction of sp³-hybridized carbons (Fsp3) is 0.500. The molecular weight excluding hydrogens is 591 g/mol. The first-order valence-corrected chi connectivity index (χ1v) is 18.7. The quantitative estimate of drug-likeness (QED) is 0.226. The van der Waals surface area contributed by atoms with Gasteiger partial charge in [-0.2, -0.15) is 0 Å². The molecule has 6 nitrogen and oxygen atoms in total. The molecule has 3 heterocycles. The monoisotopic (exact) mass is 628 g/mol. The fourth-order valence-electron chi connectivity index (χ4n) is 5.82. The maximum Gasteiger partial charge on any atom is 0.231 e. The van der Waals surface area contributed by atoms with Crippen molar-refractivity contribution in [3.05, 3.63) is 74.4 Å². The second-order valence-electron chi connectivity index (χ2n) is 13.3. The van der Waals surface area contributed by atoms with Crippen molar-refractivity contribution in [2.24, 2.45) is 0 Å². The van der Waals surface area contributed by atoms with Crippen LogP contribution in [-0.4, -0.2) is 50.0 Å². The number of halogens is 2. The van der Waals surface area contributed by atoms with Crippen LogP contribution in [0.5, 0.6) is 11.5 Å². The smallest absolute Gasteiger partial charge is 0.231 e. The number of ketones is 1. The maximum absolute atomic E-state index is 14.1. The van der Waals surface area contributed by atoms with Gasteiger partial charge in [-0.1, -0.05) is 44.5 Å². The molecule has 2 aliphatic heterocycles. The Balaban J connectivity index is 1.23. The predicted molar refractivity (Wildman–Crippen MR) is 166 cm³/mol. The molecule has 1 saturated heterocycles. The second kappa shape index (κ2) is 11.0. The number of hydrogen-bond donors (Lipinski definition) is 0. The van der Waals surface area contributed by atoms with E-state index >= 15 is 0 Å². The van der Waals surface area contributed by atoms with Crippen molar-refractivity contribution in [1.82, 2.24) is 9.88 Å². The van der Waals surface area contributed by atoms with Crippen molar-refractivity contribution >= 4 is 37.0 Å². The minimum absolute atomic E-state index is 0.123. The third-order valence-corrected chi connectivity index (χ3v) is 15.3. The van der Waals surface area contributed by atoms with E-state index in [2.05, 4.69) is 38.8 Å². The normalized spacial score (nSPS) is 20.6. The number of thiazole rings is 1. The number of hydrogen-bond acceptors (Lipinski definition) is 7. The fourth-order valence-corrected chi connectivity index (χ4v) is 8.54. The van der Waals surface area contributed by atoms with Gasteiger partial charge < -0.3 is 13.9 Å². The van der Waals surface area contributed by atoms with Crippen LogP contribution in [0, 0.1) is 5.82 Å². The zero-order valence-corrected chi connectivity index (χ0v) is 27.4. The van der Waals surface area contributed by atoms with E-state index in [1.54, 1.807) is 6.07 Å². The van der Waals surface area contributed by atoms with E-state index in [9.17, 15) is 9.18 Å². The third kappa shape index (κ3) is 5.66. The van der Waals surface area contributed by atoms with E-state index in [-0.39, 0.29) is 42.0 Å². The number of aromatic nitrogens is 1. The Labute approximate surface area is 257 Å². The van der Waals surface area contributed by atoms with Gasteiger partial charge in [0.05, 0.1) is 24.0 Å². The summed E-state index contributed by atoms with van der Waals surface area (Å²) in [6.45, 7) is 13.1. The summed E-state index contributed by atoms with van der Waals surface area (Å²) in [7, 11) is -1.94. The zero-order valence-electron chi connectivity index (χ0n) is 24.8. The van der Waals surface area contributed by atoms with Crippen molar-refractivity contribution in [3.8, 4) is 11.5 Å². The number of carbonyl (C=O) groups excluding carboxylic acids is 1. The first-order valence-electron chi connectivity index (χ1n) is 14.6. The number of nitrogens with zero attached hydrogens (tertiary/aromatic N) is 2. The molecule has 2 atom stereocenters. The van der Waals surface area contributed by atoms with Gasteiger partial charge in [0.1, 0.15) is 16.6 Å². The molecule has 10 heteroatoms. The molecule has 42 heavy (non-hydrogen) atoms. The molecule has 0 amide bonds. The lowest BCUT2D eigenvalue weighted by Gasteiger charge is -2.38. The molecule has 224 valence electrons. The van der Waals surface area contributed by atoms with Gasteiger partial charge in [-0.15, -0.1) is 11.3 Å². The average molecular weight is 629 g/mol. The molecule has 0 unspecified atom stereocenters. The molecule has 2 aromatic carbocycles. The van der Waals surface area contributed by atoms with Crippen LogP contribution in [0.15, 0.2) is 42.6 Å². The standard InChI is InChI=1S/C32H38ClFN2O4SSi/c1-31(2,3)42(4,5)40-22-10-13-36(18-22)30(23-8-7-21(34)15-24(23)33)27-17-35-29(41-27)16-28(37)32(11-12-32)20-6-9-25-26(14-20)39-19-38-25/h6-9,14-15,17,22,30H,10-13,16,18-19H2,1-5H3/t22-,30-/m1/s1. The second-order valence-corrected chi connectivity index (χ2v) is 19.6. The number of fused-ring (bicyclic) bond motifs is 1. The van der Waals surface area contributed by atoms with E-state index in [1.807, 2.05) is 24.4 Å². The minimum atomic E-state index is -1.94. The van der Waals surface area contributed by atoms with Crippen LogP contribution in [0.25, 0.3) is 0 Å². The first kappa shape index (κ1) is 29.8. The highest BCUT2D eigenvalue weighted by atomic mass is 35.5. The van der Waals surface area contributed by atoms with Crippen LogP contribution < -0.4 is 9.47 Å². The summed E-state index contributed by atoms with van der Waals surface area (Å²) in [6.07, 6.45) is 4.81. The lowest BCUT2D eigenvalue weighted by atomic mass is 9.89. The topological polar surface area (TPSA) is 60.9 Å². The van der Waals surface area contributed by atoms with Crippen LogP contribution in [0.4, 0.5) is 4.39 Å². The van der Waals surface area contributed by atoms with Gasteiger partial charge in [0, 0.05) is 29.2 Å². The number of Topliss-reactive ketones (excluding diaryl/α,β-unsaturated/α-hetero) is 1. The summed E-state index contributed by atoms with van der Waals surface area (Å²) in [4.78, 5) is 21.7. The van der Waals surface area contributed by atoms with E-state index in [4.69, 9.17) is 30.5 Å². The Morgan fingerprint density at radius 2 is 1.98 bits per heavy atom. The van der Waals surface area contributed by atoms with Gasteiger partial charge in [-0.3, -0.25) is 9.69 Å². The number of rotatable bonds is 9. The van der Waals surface area contributed by atoms with Gasteiger partial charge in [0.2, 0.25) is 6.79 Å². The number of carbonyl (C=O) groups is 1. The average Bonchev–Trinajstić information content (AvgIpc) is 3.22. The van der Waals surface area contributed by atoms with Gasteiger partial charge in [0.15, 0.2) is 19.8 Å². The molecule has 3 aliphatic rings. The molecule has 1 aliphatic carbocycles. The first-order chi connectivity index (χ1) is 19.9. The molecule has 2 fully saturated rings. The van der Waals surface area contributed by atoms with Crippen molar-refractivity contribution in [3.63, 3.8) is 0 Å². The van der Waals surface area contributed by atoms with Crippen LogP contribution in [0.1, 0.15) is 67.1 Å². The minimum Gasteiger partial charge on any atom is -0.454 e. The molecule has 0 N–H and O–H groups in total. The van der Waals surface area contributed by atoms with E-state index in [1.165, 1.54) is 23.5 Å². The molecule has 6 rings (SSSR count). The molecule has 3 aromatic rings. The van der Waals surface area contributed by atoms with Crippen LogP contribution >= 0.6 is 22.9 Å². The molecular formula is C32H38ClFN2O4SSi. The highest BCUT2D eigenvalue weighted by Crippen LogP contribution is 2.52. The molecule has 0 spiro atoms. The van der Waals surface area contributed by atoms with Crippen LogP contribution in [-0.2, 0) is 21.1 Å². The molecule has 0 bridgehead atoms. The lowest BCUT2D eigenvalue weighted by Crippen LogP contribution is -2.44. The van der Waals surface area contributed by atoms with Crippen molar-refractivity contribution < 1.29 is 23.1 Å². The third-order valence-electron chi connectivity index (χ3n) is 9.43. The van der Waals surface area contributed by atoms with Crippen molar-refractivity contribution in [2.45, 2.75) is 82.1 Å². The predicted octanol–water partition coefficient (Wildman–Crippen LogP) is 7.69. The number of ether oxygens (including phenoxy) is 2. The summed E-state index contributed by atoms with van der Waals surface area (Å²) in [5.74, 6) is 1.22. The summed E-state index contributed by atoms with van der Waals surface area (Å²) >= 11 is 8.18. The highest BCUT2D eigenvalue weighted by molar-refractivity contribution is 7.11. The molecule has 1 saturated carbocycles. The Morgan fingerprint density at radius 1 is 1.21 bits per heavy atom. The largest absolute Gasteiger partial charge is 0.454 e. The Kier molecular flexibility index (Phi) is 7.79. The van der Waals surface area contributed by atoms with Gasteiger partial charge in [-0.25, -0.2) is 9.37 Å². The van der Waals surface area contributed by atoms with Gasteiger partial charge in [-0.05, 0) is 72.8 Å². The summed E-state index contributed by atoms with van der Waals surface area (Å²) < 4.78 is 31.8. The van der Waals surface area contributed by atoms with Gasteiger partial charge in [0.25, 0.3) is 0 Å². The summed E-state index contributed by atoms with van der Waals surface area (Å²) in [6, 6.07) is 10.2. The number of likely N-dealkylation sites (tertiary alicyclic amines) is 1. The van der Waals surface area contributed by atoms with E-state index in [0.29, 0.717) is 10.8 Å². The van der Waals surface area contributed by atoms with E-state index < -0.39 is 13.7 Å². The van der Waals surface area contributed by atoms with E-state index in [0.717, 1.165) is 59.1 Å². The highest BCUT2D eigenvalue weighted by Gasteiger charge is 2.51. The summed E-state index contributed by atoms with van der Waals surface area (Å²) in [5.41, 5.74) is 1.33. The lowest BCUT2D eigenvalue weighted by molar-refractivity contribution is -0.120. The summed E-state index contributed by atoms with van der Waals surface area (Å²) in [5, 5.41) is 1.29. The Morgan fingerprint density at radius 3 is 2.69 bits per heavy atom. The van der Waals surface area contributed by atoms with Crippen molar-refractivity contribution in [1.29, 1.82) is 0 Å². The maximum atomic E-state index is 14.1. The Hall–Kier alpha value is -2.30. The number of benzene rings is 2. The zero-order chi connectivity index (χ0) is 29.9. The van der Waals surface area contributed by atoms with Crippen LogP contribution in [0.3, 0.4) is 0 Å². The Bertz CT molecular complexity index is 1500. The van der Waals surface area contributed by atoms with Gasteiger partial charge >= 0.3 is 0 Å².